The number of rotatable bonds is 2. The lowest BCUT2D eigenvalue weighted by Crippen LogP contribution is -2.37. The minimum absolute atomic E-state index is 0.118. The van der Waals surface area contributed by atoms with Crippen LogP contribution in [0.2, 0.25) is 5.02 Å². The molecule has 0 aromatic heterocycles. The van der Waals surface area contributed by atoms with Gasteiger partial charge in [-0.1, -0.05) is 59.6 Å². The van der Waals surface area contributed by atoms with Crippen molar-refractivity contribution in [1.29, 1.82) is 0 Å². The molecule has 0 saturated heterocycles. The van der Waals surface area contributed by atoms with Gasteiger partial charge in [-0.25, -0.2) is 0 Å². The lowest BCUT2D eigenvalue weighted by Gasteiger charge is -2.29. The number of carbonyl (C=O) groups excluding carboxylic acids is 1. The summed E-state index contributed by atoms with van der Waals surface area (Å²) in [6.07, 6.45) is 0. The first-order valence-electron chi connectivity index (χ1n) is 8.42. The molecule has 0 radical (unpaired) electrons. The SMILES string of the molecule is Cc1ccc(C2(c3ccc(O)cc3)C(=O)Nc3c2ccc(Cl)c3C)cc1. The third-order valence-corrected chi connectivity index (χ3v) is 5.58. The fourth-order valence-electron chi connectivity index (χ4n) is 3.74. The maximum atomic E-state index is 13.4. The molecule has 1 atom stereocenters. The molecule has 2 N–H and O–H groups in total. The summed E-state index contributed by atoms with van der Waals surface area (Å²) in [6.45, 7) is 3.92. The molecule has 4 rings (SSSR count). The van der Waals surface area contributed by atoms with E-state index in [1.165, 1.54) is 0 Å². The fourth-order valence-corrected chi connectivity index (χ4v) is 3.90. The molecular weight excluding hydrogens is 346 g/mol. The standard InChI is InChI=1S/C22H18ClNO2/c1-13-3-5-15(6-4-13)22(16-7-9-17(25)10-8-16)18-11-12-19(23)14(2)20(18)24-21(22)26/h3-12,25H,1-2H3,(H,24,26). The van der Waals surface area contributed by atoms with Crippen LogP contribution in [0.3, 0.4) is 0 Å². The van der Waals surface area contributed by atoms with Gasteiger partial charge in [-0.15, -0.1) is 0 Å². The second-order valence-corrected chi connectivity index (χ2v) is 7.12. The molecule has 0 spiro atoms. The van der Waals surface area contributed by atoms with Crippen molar-refractivity contribution in [2.75, 3.05) is 5.32 Å². The zero-order valence-corrected chi connectivity index (χ0v) is 15.3. The first-order chi connectivity index (χ1) is 12.4. The van der Waals surface area contributed by atoms with Crippen LogP contribution in [-0.2, 0) is 10.2 Å². The molecular formula is C22H18ClNO2. The van der Waals surface area contributed by atoms with Gasteiger partial charge in [0.25, 0.3) is 0 Å². The number of fused-ring (bicyclic) bond motifs is 1. The second kappa shape index (κ2) is 5.89. The maximum absolute atomic E-state index is 13.4. The van der Waals surface area contributed by atoms with E-state index in [1.54, 1.807) is 24.3 Å². The van der Waals surface area contributed by atoms with Crippen LogP contribution < -0.4 is 5.32 Å². The summed E-state index contributed by atoms with van der Waals surface area (Å²) in [5, 5.41) is 13.4. The summed E-state index contributed by atoms with van der Waals surface area (Å²) in [6, 6.07) is 18.5. The van der Waals surface area contributed by atoms with E-state index in [2.05, 4.69) is 5.32 Å². The minimum Gasteiger partial charge on any atom is -0.508 e. The molecule has 3 aromatic carbocycles. The van der Waals surface area contributed by atoms with E-state index in [1.807, 2.05) is 50.2 Å². The van der Waals surface area contributed by atoms with Crippen LogP contribution in [0.5, 0.6) is 5.75 Å². The smallest absolute Gasteiger partial charge is 0.244 e. The van der Waals surface area contributed by atoms with E-state index in [0.29, 0.717) is 5.02 Å². The normalized spacial score (nSPS) is 18.5. The van der Waals surface area contributed by atoms with Gasteiger partial charge >= 0.3 is 0 Å². The minimum atomic E-state index is -0.980. The average Bonchev–Trinajstić information content (AvgIpc) is 2.93. The van der Waals surface area contributed by atoms with E-state index in [0.717, 1.165) is 33.5 Å². The van der Waals surface area contributed by atoms with Crippen molar-refractivity contribution in [2.24, 2.45) is 0 Å². The zero-order chi connectivity index (χ0) is 18.5. The highest BCUT2D eigenvalue weighted by atomic mass is 35.5. The highest BCUT2D eigenvalue weighted by Gasteiger charge is 2.50. The number of benzene rings is 3. The van der Waals surface area contributed by atoms with Gasteiger partial charge in [0, 0.05) is 10.6 Å². The Bertz CT molecular complexity index is 962. The Balaban J connectivity index is 2.08. The first kappa shape index (κ1) is 16.7. The van der Waals surface area contributed by atoms with Crippen molar-refractivity contribution in [1.82, 2.24) is 0 Å². The molecule has 1 amide bonds. The Kier molecular flexibility index (Phi) is 3.78. The summed E-state index contributed by atoms with van der Waals surface area (Å²) in [5.41, 5.74) is 4.32. The predicted octanol–water partition coefficient (Wildman–Crippen LogP) is 4.95. The van der Waals surface area contributed by atoms with Crippen LogP contribution in [0.15, 0.2) is 60.7 Å². The molecule has 0 saturated carbocycles. The van der Waals surface area contributed by atoms with Crippen molar-refractivity contribution in [3.63, 3.8) is 0 Å². The van der Waals surface area contributed by atoms with E-state index in [4.69, 9.17) is 11.6 Å². The van der Waals surface area contributed by atoms with Gasteiger partial charge in [0.2, 0.25) is 5.91 Å². The second-order valence-electron chi connectivity index (χ2n) is 6.71. The number of nitrogens with one attached hydrogen (secondary N) is 1. The molecule has 3 aromatic rings. The van der Waals surface area contributed by atoms with Crippen molar-refractivity contribution >= 4 is 23.2 Å². The monoisotopic (exact) mass is 363 g/mol. The molecule has 3 nitrogen and oxygen atoms in total. The molecule has 0 fully saturated rings. The van der Waals surface area contributed by atoms with Gasteiger partial charge < -0.3 is 10.4 Å². The topological polar surface area (TPSA) is 49.3 Å². The van der Waals surface area contributed by atoms with E-state index >= 15 is 0 Å². The molecule has 0 bridgehead atoms. The Morgan fingerprint density at radius 3 is 2.08 bits per heavy atom. The average molecular weight is 364 g/mol. The number of anilines is 1. The third-order valence-electron chi connectivity index (χ3n) is 5.17. The Morgan fingerprint density at radius 2 is 1.46 bits per heavy atom. The van der Waals surface area contributed by atoms with Crippen LogP contribution >= 0.6 is 11.6 Å². The highest BCUT2D eigenvalue weighted by Crippen LogP contribution is 2.49. The molecule has 26 heavy (non-hydrogen) atoms. The molecule has 1 aliphatic heterocycles. The summed E-state index contributed by atoms with van der Waals surface area (Å²) in [5.74, 6) is 0.0473. The third kappa shape index (κ3) is 2.24. The van der Waals surface area contributed by atoms with Crippen LogP contribution in [0.4, 0.5) is 5.69 Å². The zero-order valence-electron chi connectivity index (χ0n) is 14.5. The van der Waals surface area contributed by atoms with Gasteiger partial charge in [0.15, 0.2) is 0 Å². The highest BCUT2D eigenvalue weighted by molar-refractivity contribution is 6.32. The number of aryl methyl sites for hydroxylation is 1. The summed E-state index contributed by atoms with van der Waals surface area (Å²) >= 11 is 6.28. The fraction of sp³-hybridized carbons (Fsp3) is 0.136. The van der Waals surface area contributed by atoms with Crippen molar-refractivity contribution in [3.8, 4) is 5.75 Å². The number of amides is 1. The maximum Gasteiger partial charge on any atom is 0.244 e. The van der Waals surface area contributed by atoms with E-state index < -0.39 is 5.41 Å². The van der Waals surface area contributed by atoms with Crippen LogP contribution in [-0.4, -0.2) is 11.0 Å². The number of aromatic hydroxyl groups is 1. The van der Waals surface area contributed by atoms with E-state index in [-0.39, 0.29) is 11.7 Å². The Labute approximate surface area is 157 Å². The number of carbonyl (C=O) groups is 1. The van der Waals surface area contributed by atoms with Crippen molar-refractivity contribution < 1.29 is 9.90 Å². The first-order valence-corrected chi connectivity index (χ1v) is 8.80. The summed E-state index contributed by atoms with van der Waals surface area (Å²) in [7, 11) is 0. The molecule has 1 unspecified atom stereocenters. The van der Waals surface area contributed by atoms with Gasteiger partial charge in [0.05, 0.1) is 5.69 Å². The molecule has 0 aliphatic carbocycles. The number of halogens is 1. The largest absolute Gasteiger partial charge is 0.508 e. The number of phenolic OH excluding ortho intramolecular Hbond substituents is 1. The predicted molar refractivity (Wildman–Crippen MR) is 104 cm³/mol. The molecule has 1 aliphatic rings. The number of hydrogen-bond acceptors (Lipinski definition) is 2. The summed E-state index contributed by atoms with van der Waals surface area (Å²) in [4.78, 5) is 13.4. The van der Waals surface area contributed by atoms with Gasteiger partial charge in [-0.05, 0) is 48.7 Å². The summed E-state index contributed by atoms with van der Waals surface area (Å²) < 4.78 is 0. The lowest BCUT2D eigenvalue weighted by atomic mass is 9.70. The Morgan fingerprint density at radius 1 is 0.885 bits per heavy atom. The number of phenols is 1. The van der Waals surface area contributed by atoms with Crippen LogP contribution in [0.25, 0.3) is 0 Å². The van der Waals surface area contributed by atoms with Gasteiger partial charge in [-0.3, -0.25) is 4.79 Å². The Hall–Kier alpha value is -2.78. The number of hydrogen-bond donors (Lipinski definition) is 2. The quantitative estimate of drug-likeness (QED) is 0.676. The van der Waals surface area contributed by atoms with E-state index in [9.17, 15) is 9.90 Å². The van der Waals surface area contributed by atoms with Crippen LogP contribution in [0.1, 0.15) is 27.8 Å². The van der Waals surface area contributed by atoms with Crippen molar-refractivity contribution in [3.05, 3.63) is 93.5 Å². The van der Waals surface area contributed by atoms with Crippen LogP contribution in [0, 0.1) is 13.8 Å². The van der Waals surface area contributed by atoms with Gasteiger partial charge in [-0.2, -0.15) is 0 Å². The van der Waals surface area contributed by atoms with Gasteiger partial charge in [0.1, 0.15) is 11.2 Å². The molecule has 1 heterocycles. The van der Waals surface area contributed by atoms with Crippen molar-refractivity contribution in [2.45, 2.75) is 19.3 Å². The lowest BCUT2D eigenvalue weighted by molar-refractivity contribution is -0.118. The molecule has 130 valence electrons. The molecule has 4 heteroatoms.